The van der Waals surface area contributed by atoms with Gasteiger partial charge in [-0.1, -0.05) is 12.1 Å². The highest BCUT2D eigenvalue weighted by molar-refractivity contribution is 7.99. The molecule has 2 aromatic rings. The maximum absolute atomic E-state index is 12.4. The van der Waals surface area contributed by atoms with Crippen LogP contribution in [0.25, 0.3) is 0 Å². The normalized spacial score (nSPS) is 11.5. The number of para-hydroxylation sites is 1. The molecule has 1 heterocycles. The van der Waals surface area contributed by atoms with E-state index in [0.717, 1.165) is 11.3 Å². The van der Waals surface area contributed by atoms with Crippen LogP contribution in [-0.4, -0.2) is 31.0 Å². The summed E-state index contributed by atoms with van der Waals surface area (Å²) < 4.78 is 28.9. The lowest BCUT2D eigenvalue weighted by Crippen LogP contribution is -2.13. The summed E-state index contributed by atoms with van der Waals surface area (Å²) >= 11 is 1.49. The third-order valence-electron chi connectivity index (χ3n) is 2.86. The second kappa shape index (κ2) is 6.97. The van der Waals surface area contributed by atoms with Crippen molar-refractivity contribution in [3.05, 3.63) is 36.7 Å². The molecule has 0 aliphatic rings. The maximum atomic E-state index is 12.4. The lowest BCUT2D eigenvalue weighted by Gasteiger charge is -2.09. The van der Waals surface area contributed by atoms with Gasteiger partial charge in [0.1, 0.15) is 4.90 Å². The molecule has 0 fully saturated rings. The molecule has 3 N–H and O–H groups in total. The van der Waals surface area contributed by atoms with Gasteiger partial charge >= 0.3 is 0 Å². The second-order valence-corrected chi connectivity index (χ2v) is 6.92. The average Bonchev–Trinajstić information content (AvgIpc) is 2.95. The Hall–Kier alpha value is -1.51. The molecule has 2 rings (SSSR count). The molecule has 0 aliphatic carbocycles. The molecule has 0 spiro atoms. The summed E-state index contributed by atoms with van der Waals surface area (Å²) in [5.41, 5.74) is 6.00. The lowest BCUT2D eigenvalue weighted by molar-refractivity contribution is 0.582. The molecule has 0 saturated heterocycles. The number of rotatable bonds is 7. The summed E-state index contributed by atoms with van der Waals surface area (Å²) in [5.74, 6) is 0. The van der Waals surface area contributed by atoms with Crippen molar-refractivity contribution in [3.63, 3.8) is 0 Å². The summed E-state index contributed by atoms with van der Waals surface area (Å²) in [6.07, 6.45) is 5.52. The number of hydrogen-bond donors (Lipinski definition) is 2. The van der Waals surface area contributed by atoms with Gasteiger partial charge in [-0.05, 0) is 31.4 Å². The average molecular weight is 326 g/mol. The summed E-state index contributed by atoms with van der Waals surface area (Å²) in [4.78, 5) is 1.02. The van der Waals surface area contributed by atoms with E-state index in [1.165, 1.54) is 24.2 Å². The second-order valence-electron chi connectivity index (χ2n) is 4.39. The van der Waals surface area contributed by atoms with Crippen molar-refractivity contribution in [3.8, 4) is 0 Å². The number of benzene rings is 1. The zero-order valence-electron chi connectivity index (χ0n) is 11.7. The van der Waals surface area contributed by atoms with Gasteiger partial charge in [0.05, 0.1) is 11.9 Å². The smallest absolute Gasteiger partial charge is 0.265 e. The number of nitrogens with two attached hydrogens (primary N) is 1. The Morgan fingerprint density at radius 1 is 1.38 bits per heavy atom. The fraction of sp³-hybridized carbons (Fsp3) is 0.308. The van der Waals surface area contributed by atoms with Crippen LogP contribution in [0, 0.1) is 0 Å². The van der Waals surface area contributed by atoms with Crippen LogP contribution in [0.15, 0.2) is 46.5 Å². The number of aryl methyl sites for hydroxylation is 1. The first-order chi connectivity index (χ1) is 10.1. The molecular weight excluding hydrogens is 308 g/mol. The first-order valence-electron chi connectivity index (χ1n) is 6.45. The molecule has 1 aromatic carbocycles. The van der Waals surface area contributed by atoms with E-state index in [0.29, 0.717) is 18.8 Å². The molecule has 0 aliphatic heterocycles. The van der Waals surface area contributed by atoms with Gasteiger partial charge in [0.15, 0.2) is 0 Å². The number of nitrogens with one attached hydrogen (secondary N) is 1. The number of aromatic nitrogens is 2. The van der Waals surface area contributed by atoms with Crippen LogP contribution in [0.2, 0.25) is 0 Å². The topological polar surface area (TPSA) is 90.0 Å². The predicted octanol–water partition coefficient (Wildman–Crippen LogP) is 1.75. The number of thioether (sulfide) groups is 1. The van der Waals surface area contributed by atoms with E-state index in [9.17, 15) is 8.42 Å². The fourth-order valence-corrected chi connectivity index (χ4v) is 3.44. The van der Waals surface area contributed by atoms with Crippen molar-refractivity contribution in [1.82, 2.24) is 9.78 Å². The molecule has 1 aromatic heterocycles. The van der Waals surface area contributed by atoms with E-state index in [1.54, 1.807) is 16.8 Å². The predicted molar refractivity (Wildman–Crippen MR) is 84.9 cm³/mol. The molecule has 0 unspecified atom stereocenters. The maximum Gasteiger partial charge on any atom is 0.265 e. The van der Waals surface area contributed by atoms with E-state index in [-0.39, 0.29) is 4.90 Å². The van der Waals surface area contributed by atoms with Gasteiger partial charge in [-0.2, -0.15) is 5.10 Å². The SMILES string of the molecule is CSc1ccccc1NS(=O)(=O)c1cnn(CCCN)c1. The minimum Gasteiger partial charge on any atom is -0.330 e. The van der Waals surface area contributed by atoms with E-state index < -0.39 is 10.0 Å². The Balaban J connectivity index is 2.20. The zero-order chi connectivity index (χ0) is 15.3. The van der Waals surface area contributed by atoms with E-state index >= 15 is 0 Å². The van der Waals surface area contributed by atoms with Gasteiger partial charge < -0.3 is 5.73 Å². The van der Waals surface area contributed by atoms with Crippen LogP contribution < -0.4 is 10.5 Å². The van der Waals surface area contributed by atoms with E-state index in [4.69, 9.17) is 5.73 Å². The molecule has 0 bridgehead atoms. The highest BCUT2D eigenvalue weighted by Crippen LogP contribution is 2.26. The lowest BCUT2D eigenvalue weighted by atomic mass is 10.3. The van der Waals surface area contributed by atoms with Crippen molar-refractivity contribution < 1.29 is 8.42 Å². The molecular formula is C13H18N4O2S2. The van der Waals surface area contributed by atoms with Crippen molar-refractivity contribution in [2.45, 2.75) is 22.8 Å². The number of nitrogens with zero attached hydrogens (tertiary/aromatic N) is 2. The first kappa shape index (κ1) is 15.9. The molecule has 0 saturated carbocycles. The van der Waals surface area contributed by atoms with Crippen LogP contribution >= 0.6 is 11.8 Å². The number of anilines is 1. The summed E-state index contributed by atoms with van der Waals surface area (Å²) in [6.45, 7) is 1.15. The van der Waals surface area contributed by atoms with Crippen LogP contribution in [-0.2, 0) is 16.6 Å². The fourth-order valence-electron chi connectivity index (χ4n) is 1.79. The molecule has 6 nitrogen and oxygen atoms in total. The van der Waals surface area contributed by atoms with Crippen molar-refractivity contribution in [2.24, 2.45) is 5.73 Å². The minimum absolute atomic E-state index is 0.149. The number of hydrogen-bond acceptors (Lipinski definition) is 5. The summed E-state index contributed by atoms with van der Waals surface area (Å²) in [5, 5.41) is 4.04. The van der Waals surface area contributed by atoms with Crippen LogP contribution in [0.4, 0.5) is 5.69 Å². The minimum atomic E-state index is -3.63. The molecule has 21 heavy (non-hydrogen) atoms. The quantitative estimate of drug-likeness (QED) is 0.757. The van der Waals surface area contributed by atoms with Crippen molar-refractivity contribution in [1.29, 1.82) is 0 Å². The van der Waals surface area contributed by atoms with E-state index in [2.05, 4.69) is 9.82 Å². The Morgan fingerprint density at radius 3 is 2.86 bits per heavy atom. The third kappa shape index (κ3) is 3.99. The van der Waals surface area contributed by atoms with Gasteiger partial charge in [-0.15, -0.1) is 11.8 Å². The van der Waals surface area contributed by atoms with Crippen LogP contribution in [0.5, 0.6) is 0 Å². The van der Waals surface area contributed by atoms with Gasteiger partial charge in [-0.3, -0.25) is 9.40 Å². The highest BCUT2D eigenvalue weighted by Gasteiger charge is 2.17. The monoisotopic (exact) mass is 326 g/mol. The van der Waals surface area contributed by atoms with Gasteiger partial charge in [0, 0.05) is 17.6 Å². The molecule has 0 atom stereocenters. The number of sulfonamides is 1. The largest absolute Gasteiger partial charge is 0.330 e. The Kier molecular flexibility index (Phi) is 5.27. The van der Waals surface area contributed by atoms with Crippen molar-refractivity contribution >= 4 is 27.5 Å². The molecule has 0 amide bonds. The Labute approximate surface area is 128 Å². The molecule has 114 valence electrons. The van der Waals surface area contributed by atoms with E-state index in [1.807, 2.05) is 18.4 Å². The zero-order valence-corrected chi connectivity index (χ0v) is 13.3. The van der Waals surface area contributed by atoms with Gasteiger partial charge in [0.25, 0.3) is 10.0 Å². The highest BCUT2D eigenvalue weighted by atomic mass is 32.2. The summed E-state index contributed by atoms with van der Waals surface area (Å²) in [7, 11) is -3.63. The standard InChI is InChI=1S/C13H18N4O2S2/c1-20-13-6-3-2-5-12(13)16-21(18,19)11-9-15-17(10-11)8-4-7-14/h2-3,5-6,9-10,16H,4,7-8,14H2,1H3. The molecule has 8 heteroatoms. The van der Waals surface area contributed by atoms with Crippen LogP contribution in [0.3, 0.4) is 0 Å². The Morgan fingerprint density at radius 2 is 2.14 bits per heavy atom. The van der Waals surface area contributed by atoms with Crippen molar-refractivity contribution in [2.75, 3.05) is 17.5 Å². The first-order valence-corrected chi connectivity index (χ1v) is 9.16. The third-order valence-corrected chi connectivity index (χ3v) is 4.98. The Bertz CT molecular complexity index is 698. The summed E-state index contributed by atoms with van der Waals surface area (Å²) in [6, 6.07) is 7.27. The van der Waals surface area contributed by atoms with Gasteiger partial charge in [0.2, 0.25) is 0 Å². The molecule has 0 radical (unpaired) electrons. The van der Waals surface area contributed by atoms with Gasteiger partial charge in [-0.25, -0.2) is 8.42 Å². The van der Waals surface area contributed by atoms with Crippen LogP contribution in [0.1, 0.15) is 6.42 Å².